The maximum absolute atomic E-state index is 13.5. The van der Waals surface area contributed by atoms with Crippen molar-refractivity contribution in [1.82, 2.24) is 9.97 Å². The monoisotopic (exact) mass is 520 g/mol. The van der Waals surface area contributed by atoms with Gasteiger partial charge in [-0.25, -0.2) is 22.8 Å². The molecule has 188 valence electrons. The Bertz CT molecular complexity index is 1310. The minimum atomic E-state index is -4.06. The number of aryl methyl sites for hydroxylation is 2. The number of thiazole rings is 1. The summed E-state index contributed by atoms with van der Waals surface area (Å²) in [7, 11) is -2.70. The lowest BCUT2D eigenvalue weighted by atomic mass is 9.93. The third-order valence-corrected chi connectivity index (χ3v) is 8.61. The summed E-state index contributed by atoms with van der Waals surface area (Å²) >= 11 is 1.45. The topological polar surface area (TPSA) is 102 Å². The van der Waals surface area contributed by atoms with E-state index in [2.05, 4.69) is 26.9 Å². The van der Waals surface area contributed by atoms with Crippen LogP contribution in [0.2, 0.25) is 0 Å². The van der Waals surface area contributed by atoms with Crippen molar-refractivity contribution < 1.29 is 22.3 Å². The number of hydrogen-bond donors (Lipinski definition) is 2. The van der Waals surface area contributed by atoms with Crippen molar-refractivity contribution >= 4 is 32.2 Å². The van der Waals surface area contributed by atoms with Crippen molar-refractivity contribution in [2.75, 3.05) is 30.4 Å². The zero-order valence-electron chi connectivity index (χ0n) is 20.1. The molecular weight excluding hydrogens is 491 g/mol. The van der Waals surface area contributed by atoms with Crippen molar-refractivity contribution in [3.63, 3.8) is 0 Å². The lowest BCUT2D eigenvalue weighted by Crippen LogP contribution is -2.30. The van der Waals surface area contributed by atoms with Crippen LogP contribution in [0.4, 0.5) is 15.2 Å². The van der Waals surface area contributed by atoms with Gasteiger partial charge in [0.2, 0.25) is 5.88 Å². The van der Waals surface area contributed by atoms with Gasteiger partial charge in [0, 0.05) is 31.0 Å². The van der Waals surface area contributed by atoms with E-state index in [1.54, 1.807) is 13.1 Å². The number of anilines is 2. The van der Waals surface area contributed by atoms with Crippen molar-refractivity contribution in [2.24, 2.45) is 5.92 Å². The number of ether oxygens (including phenoxy) is 2. The molecule has 0 aliphatic carbocycles. The number of rotatable bonds is 8. The van der Waals surface area contributed by atoms with Crippen LogP contribution in [0.25, 0.3) is 10.4 Å². The first-order valence-electron chi connectivity index (χ1n) is 11.3. The molecule has 3 heterocycles. The molecule has 0 amide bonds. The fourth-order valence-corrected chi connectivity index (χ4v) is 6.42. The van der Waals surface area contributed by atoms with E-state index in [1.165, 1.54) is 42.7 Å². The Labute approximate surface area is 209 Å². The number of nitrogens with zero attached hydrogens (tertiary/aromatic N) is 2. The summed E-state index contributed by atoms with van der Waals surface area (Å²) in [5.74, 6) is 0.0365. The Balaban J connectivity index is 1.62. The second kappa shape index (κ2) is 10.5. The largest absolute Gasteiger partial charge is 0.480 e. The van der Waals surface area contributed by atoms with Crippen LogP contribution in [0, 0.1) is 25.6 Å². The molecule has 2 aromatic heterocycles. The predicted molar refractivity (Wildman–Crippen MR) is 135 cm³/mol. The number of sulfonamides is 1. The van der Waals surface area contributed by atoms with E-state index in [-0.39, 0.29) is 22.5 Å². The van der Waals surface area contributed by atoms with Crippen LogP contribution < -0.4 is 14.8 Å². The molecule has 1 aromatic carbocycles. The molecule has 1 saturated heterocycles. The molecule has 4 rings (SSSR count). The van der Waals surface area contributed by atoms with Crippen LogP contribution in [-0.2, 0) is 14.8 Å². The van der Waals surface area contributed by atoms with Crippen LogP contribution in [0.1, 0.15) is 31.0 Å². The molecule has 3 aromatic rings. The van der Waals surface area contributed by atoms with Crippen LogP contribution in [-0.4, -0.2) is 44.8 Å². The first-order chi connectivity index (χ1) is 16.7. The zero-order valence-corrected chi connectivity index (χ0v) is 21.7. The number of benzene rings is 1. The van der Waals surface area contributed by atoms with Gasteiger partial charge in [-0.05, 0) is 69.4 Å². The number of pyridine rings is 1. The van der Waals surface area contributed by atoms with Crippen molar-refractivity contribution in [3.05, 3.63) is 47.5 Å². The predicted octanol–water partition coefficient (Wildman–Crippen LogP) is 5.00. The highest BCUT2D eigenvalue weighted by Gasteiger charge is 2.25. The fourth-order valence-electron chi connectivity index (χ4n) is 4.10. The van der Waals surface area contributed by atoms with E-state index in [0.717, 1.165) is 41.8 Å². The maximum atomic E-state index is 13.5. The summed E-state index contributed by atoms with van der Waals surface area (Å²) in [4.78, 5) is 9.61. The molecule has 11 heteroatoms. The molecule has 0 spiro atoms. The minimum Gasteiger partial charge on any atom is -0.480 e. The van der Waals surface area contributed by atoms with E-state index in [0.29, 0.717) is 17.0 Å². The zero-order chi connectivity index (χ0) is 25.2. The van der Waals surface area contributed by atoms with Crippen molar-refractivity contribution in [1.29, 1.82) is 0 Å². The van der Waals surface area contributed by atoms with Gasteiger partial charge in [0.25, 0.3) is 10.0 Å². The second-order valence-corrected chi connectivity index (χ2v) is 11.3. The molecule has 1 aliphatic heterocycles. The average molecular weight is 521 g/mol. The fraction of sp³-hybridized carbons (Fsp3) is 0.417. The van der Waals surface area contributed by atoms with Gasteiger partial charge in [-0.1, -0.05) is 11.3 Å². The van der Waals surface area contributed by atoms with Gasteiger partial charge in [-0.3, -0.25) is 4.72 Å². The maximum Gasteiger partial charge on any atom is 0.267 e. The molecule has 1 aliphatic rings. The molecule has 0 radical (unpaired) electrons. The third-order valence-electron chi connectivity index (χ3n) is 6.12. The SMILES string of the molecule is COc1ncc(-c2sc(NC(C)C3CCOCC3)nc2C)cc1S(=O)(=O)Nc1ccc(F)cc1C. The average Bonchev–Trinajstić information content (AvgIpc) is 3.20. The van der Waals surface area contributed by atoms with E-state index < -0.39 is 15.8 Å². The first kappa shape index (κ1) is 25.3. The van der Waals surface area contributed by atoms with Gasteiger partial charge in [0.1, 0.15) is 10.7 Å². The van der Waals surface area contributed by atoms with Crippen molar-refractivity contribution in [2.45, 2.75) is 44.6 Å². The van der Waals surface area contributed by atoms with Crippen molar-refractivity contribution in [3.8, 4) is 16.3 Å². The van der Waals surface area contributed by atoms with E-state index in [9.17, 15) is 12.8 Å². The highest BCUT2D eigenvalue weighted by molar-refractivity contribution is 7.92. The highest BCUT2D eigenvalue weighted by atomic mass is 32.2. The second-order valence-electron chi connectivity index (χ2n) is 8.61. The number of aromatic nitrogens is 2. The molecule has 2 N–H and O–H groups in total. The first-order valence-corrected chi connectivity index (χ1v) is 13.6. The Kier molecular flexibility index (Phi) is 7.58. The van der Waals surface area contributed by atoms with Crippen LogP contribution in [0.15, 0.2) is 35.4 Å². The lowest BCUT2D eigenvalue weighted by molar-refractivity contribution is 0.0622. The van der Waals surface area contributed by atoms with Gasteiger partial charge < -0.3 is 14.8 Å². The van der Waals surface area contributed by atoms with Gasteiger partial charge in [-0.15, -0.1) is 0 Å². The normalized spacial score (nSPS) is 15.6. The van der Waals surface area contributed by atoms with E-state index in [1.807, 2.05) is 6.92 Å². The number of hydrogen-bond acceptors (Lipinski definition) is 8. The summed E-state index contributed by atoms with van der Waals surface area (Å²) < 4.78 is 53.2. The summed E-state index contributed by atoms with van der Waals surface area (Å²) in [6.45, 7) is 7.21. The Hall–Kier alpha value is -2.76. The number of methoxy groups -OCH3 is 1. The molecule has 8 nitrogen and oxygen atoms in total. The molecule has 35 heavy (non-hydrogen) atoms. The third kappa shape index (κ3) is 5.74. The summed E-state index contributed by atoms with van der Waals surface area (Å²) in [6, 6.07) is 5.62. The van der Waals surface area contributed by atoms with Gasteiger partial charge >= 0.3 is 0 Å². The molecule has 1 unspecified atom stereocenters. The molecule has 1 fully saturated rings. The molecular formula is C24H29FN4O4S2. The molecule has 1 atom stereocenters. The lowest BCUT2D eigenvalue weighted by Gasteiger charge is -2.28. The Morgan fingerprint density at radius 1 is 1.23 bits per heavy atom. The van der Waals surface area contributed by atoms with Crippen LogP contribution in [0.5, 0.6) is 5.88 Å². The van der Waals surface area contributed by atoms with Crippen LogP contribution >= 0.6 is 11.3 Å². The van der Waals surface area contributed by atoms with Gasteiger partial charge in [-0.2, -0.15) is 0 Å². The Morgan fingerprint density at radius 3 is 2.66 bits per heavy atom. The minimum absolute atomic E-state index is 0.0327. The molecule has 0 bridgehead atoms. The Morgan fingerprint density at radius 2 is 1.97 bits per heavy atom. The van der Waals surface area contributed by atoms with Gasteiger partial charge in [0.15, 0.2) is 5.13 Å². The summed E-state index contributed by atoms with van der Waals surface area (Å²) in [6.07, 6.45) is 3.60. The van der Waals surface area contributed by atoms with E-state index in [4.69, 9.17) is 9.47 Å². The van der Waals surface area contributed by atoms with E-state index >= 15 is 0 Å². The quantitative estimate of drug-likeness (QED) is 0.431. The smallest absolute Gasteiger partial charge is 0.267 e. The van der Waals surface area contributed by atoms with Crippen LogP contribution in [0.3, 0.4) is 0 Å². The summed E-state index contributed by atoms with van der Waals surface area (Å²) in [5.41, 5.74) is 2.13. The summed E-state index contributed by atoms with van der Waals surface area (Å²) in [5, 5.41) is 4.27. The van der Waals surface area contributed by atoms with Gasteiger partial charge in [0.05, 0.1) is 23.4 Å². The number of nitrogens with one attached hydrogen (secondary N) is 2. The number of halogens is 1. The standard InChI is InChI=1S/C24H29FN4O4S2/c1-14-11-19(25)5-6-20(14)29-35(30,31)21-12-18(13-26-23(21)32-4)22-16(3)28-24(34-22)27-15(2)17-7-9-33-10-8-17/h5-6,11-13,15,17,29H,7-10H2,1-4H3,(H,27,28). The highest BCUT2D eigenvalue weighted by Crippen LogP contribution is 2.36. The molecule has 0 saturated carbocycles.